The van der Waals surface area contributed by atoms with E-state index in [2.05, 4.69) is 49.2 Å². The topological polar surface area (TPSA) is 111 Å². The maximum absolute atomic E-state index is 13.0. The zero-order chi connectivity index (χ0) is 27.6. The number of fused-ring (bicyclic) bond motifs is 1. The van der Waals surface area contributed by atoms with Gasteiger partial charge in [-0.15, -0.1) is 0 Å². The number of rotatable bonds is 6. The van der Waals surface area contributed by atoms with Gasteiger partial charge in [0.15, 0.2) is 5.75 Å². The number of carbonyl (C=O) groups excluding carboxylic acids is 2. The number of hydrogen-bond acceptors (Lipinski definition) is 6. The average Bonchev–Trinajstić information content (AvgIpc) is 3.48. The van der Waals surface area contributed by atoms with E-state index in [1.165, 1.54) is 6.08 Å². The smallest absolute Gasteiger partial charge is 0.255 e. The van der Waals surface area contributed by atoms with E-state index in [0.29, 0.717) is 64.9 Å². The zero-order valence-electron chi connectivity index (χ0n) is 21.8. The van der Waals surface area contributed by atoms with Crippen LogP contribution in [0.5, 0.6) is 5.75 Å². The van der Waals surface area contributed by atoms with Crippen molar-refractivity contribution in [3.63, 3.8) is 0 Å². The molecule has 200 valence electrons. The highest BCUT2D eigenvalue weighted by molar-refractivity contribution is 6.32. The summed E-state index contributed by atoms with van der Waals surface area (Å²) in [6.07, 6.45) is 5.96. The maximum Gasteiger partial charge on any atom is 0.255 e. The van der Waals surface area contributed by atoms with Gasteiger partial charge in [0.25, 0.3) is 5.91 Å². The van der Waals surface area contributed by atoms with E-state index in [1.54, 1.807) is 25.6 Å². The Hall–Kier alpha value is -4.26. The molecular formula is C29H29ClN6O3. The molecule has 0 aliphatic carbocycles. The van der Waals surface area contributed by atoms with Crippen LogP contribution in [-0.2, 0) is 11.2 Å². The minimum atomic E-state index is -0.711. The molecule has 39 heavy (non-hydrogen) atoms. The predicted octanol–water partition coefficient (Wildman–Crippen LogP) is 3.50. The van der Waals surface area contributed by atoms with Gasteiger partial charge in [0.05, 0.1) is 40.3 Å². The largest absolute Gasteiger partial charge is 0.493 e. The molecule has 2 aliphatic heterocycles. The standard InChI is InChI=1S/C29H29ClN6O3/c1-4-23(37)35-29(12-15-36(2)17-29)11-8-18-16-31-13-9-19(18)25-26(24-21(33-25)10-14-32-28(24)38)34-22-7-5-6-20(30)27(22)39-3/h4-7,9,13,16,33-34H,1,10,12,14-15,17H2,2-3H3,(H,32,38)(H,35,37)/t29-/m0/s1. The number of ether oxygens (including phenoxy) is 1. The Balaban J connectivity index is 1.63. The highest BCUT2D eigenvalue weighted by atomic mass is 35.5. The number of H-pyrrole nitrogens is 1. The van der Waals surface area contributed by atoms with E-state index >= 15 is 0 Å². The normalized spacial score (nSPS) is 18.4. The predicted molar refractivity (Wildman–Crippen MR) is 151 cm³/mol. The van der Waals surface area contributed by atoms with Crippen LogP contribution in [0.15, 0.2) is 49.3 Å². The zero-order valence-corrected chi connectivity index (χ0v) is 22.5. The first-order valence-corrected chi connectivity index (χ1v) is 12.9. The second-order valence-corrected chi connectivity index (χ2v) is 10.0. The highest BCUT2D eigenvalue weighted by Crippen LogP contribution is 2.41. The first-order valence-electron chi connectivity index (χ1n) is 12.6. The summed E-state index contributed by atoms with van der Waals surface area (Å²) >= 11 is 6.38. The van der Waals surface area contributed by atoms with Crippen LogP contribution in [0.3, 0.4) is 0 Å². The number of pyridine rings is 1. The number of carbonyl (C=O) groups is 2. The minimum absolute atomic E-state index is 0.177. The number of halogens is 1. The monoisotopic (exact) mass is 544 g/mol. The fourth-order valence-electron chi connectivity index (χ4n) is 5.08. The number of benzene rings is 1. The molecule has 10 heteroatoms. The van der Waals surface area contributed by atoms with Crippen molar-refractivity contribution in [2.45, 2.75) is 18.4 Å². The van der Waals surface area contributed by atoms with Crippen LogP contribution in [0.25, 0.3) is 11.3 Å². The number of methoxy groups -OCH3 is 1. The molecule has 1 saturated heterocycles. The summed E-state index contributed by atoms with van der Waals surface area (Å²) in [5.41, 5.74) is 3.95. The number of aromatic amines is 1. The number of para-hydroxylation sites is 1. The molecule has 0 radical (unpaired) electrons. The Kier molecular flexibility index (Phi) is 7.33. The summed E-state index contributed by atoms with van der Waals surface area (Å²) in [4.78, 5) is 35.1. The number of nitrogens with one attached hydrogen (secondary N) is 4. The number of nitrogens with zero attached hydrogens (tertiary/aromatic N) is 2. The highest BCUT2D eigenvalue weighted by Gasteiger charge is 2.36. The molecule has 2 aliphatic rings. The fraction of sp³-hybridized carbons (Fsp3) is 0.276. The van der Waals surface area contributed by atoms with Gasteiger partial charge in [-0.25, -0.2) is 0 Å². The van der Waals surface area contributed by atoms with Crippen LogP contribution < -0.4 is 20.7 Å². The Bertz CT molecular complexity index is 1520. The van der Waals surface area contributed by atoms with Gasteiger partial charge in [0.2, 0.25) is 5.91 Å². The Morgan fingerprint density at radius 3 is 2.95 bits per heavy atom. The van der Waals surface area contributed by atoms with Crippen molar-refractivity contribution in [3.05, 3.63) is 71.2 Å². The molecule has 4 N–H and O–H groups in total. The lowest BCUT2D eigenvalue weighted by Crippen LogP contribution is -2.48. The summed E-state index contributed by atoms with van der Waals surface area (Å²) in [6.45, 7) is 5.51. The summed E-state index contributed by atoms with van der Waals surface area (Å²) < 4.78 is 5.54. The van der Waals surface area contributed by atoms with Crippen molar-refractivity contribution in [2.24, 2.45) is 0 Å². The number of hydrogen-bond donors (Lipinski definition) is 4. The molecule has 0 spiro atoms. The number of likely N-dealkylation sites (N-methyl/N-ethyl adjacent to an activating group) is 1. The molecule has 0 bridgehead atoms. The third-order valence-electron chi connectivity index (χ3n) is 6.93. The first kappa shape index (κ1) is 26.4. The van der Waals surface area contributed by atoms with Crippen LogP contribution in [-0.4, -0.2) is 66.0 Å². The third kappa shape index (κ3) is 5.21. The van der Waals surface area contributed by atoms with Gasteiger partial charge in [-0.05, 0) is 37.7 Å². The fourth-order valence-corrected chi connectivity index (χ4v) is 5.33. The van der Waals surface area contributed by atoms with E-state index in [0.717, 1.165) is 17.8 Å². The Morgan fingerprint density at radius 1 is 1.36 bits per heavy atom. The van der Waals surface area contributed by atoms with E-state index in [-0.39, 0.29) is 11.8 Å². The molecule has 3 aromatic rings. The molecule has 4 heterocycles. The van der Waals surface area contributed by atoms with Gasteiger partial charge in [-0.3, -0.25) is 14.6 Å². The quantitative estimate of drug-likeness (QED) is 0.279. The van der Waals surface area contributed by atoms with Crippen LogP contribution >= 0.6 is 11.6 Å². The van der Waals surface area contributed by atoms with Crippen LogP contribution in [0.4, 0.5) is 11.4 Å². The van der Waals surface area contributed by atoms with E-state index < -0.39 is 5.54 Å². The lowest BCUT2D eigenvalue weighted by atomic mass is 9.97. The molecule has 1 atom stereocenters. The van der Waals surface area contributed by atoms with Crippen LogP contribution in [0, 0.1) is 11.8 Å². The minimum Gasteiger partial charge on any atom is -0.493 e. The van der Waals surface area contributed by atoms with Gasteiger partial charge in [0, 0.05) is 49.7 Å². The number of aromatic nitrogens is 2. The third-order valence-corrected chi connectivity index (χ3v) is 7.23. The summed E-state index contributed by atoms with van der Waals surface area (Å²) in [5, 5.41) is 9.79. The van der Waals surface area contributed by atoms with Gasteiger partial charge in [-0.2, -0.15) is 0 Å². The molecule has 0 saturated carbocycles. The van der Waals surface area contributed by atoms with Crippen molar-refractivity contribution in [3.8, 4) is 28.8 Å². The van der Waals surface area contributed by atoms with Crippen LogP contribution in [0.2, 0.25) is 5.02 Å². The molecule has 9 nitrogen and oxygen atoms in total. The van der Waals surface area contributed by atoms with Gasteiger partial charge >= 0.3 is 0 Å². The molecule has 2 amide bonds. The number of likely N-dealkylation sites (tertiary alicyclic amines) is 1. The lowest BCUT2D eigenvalue weighted by molar-refractivity contribution is -0.117. The van der Waals surface area contributed by atoms with Gasteiger partial charge < -0.3 is 30.6 Å². The van der Waals surface area contributed by atoms with E-state index in [1.807, 2.05) is 25.2 Å². The van der Waals surface area contributed by atoms with E-state index in [9.17, 15) is 9.59 Å². The van der Waals surface area contributed by atoms with Gasteiger partial charge in [-0.1, -0.05) is 36.1 Å². The summed E-state index contributed by atoms with van der Waals surface area (Å²) in [5.74, 6) is 6.62. The molecule has 1 fully saturated rings. The number of anilines is 2. The van der Waals surface area contributed by atoms with Crippen molar-refractivity contribution in [1.29, 1.82) is 0 Å². The summed E-state index contributed by atoms with van der Waals surface area (Å²) in [7, 11) is 3.54. The molecule has 1 aromatic carbocycles. The van der Waals surface area contributed by atoms with E-state index in [4.69, 9.17) is 16.3 Å². The molecule has 5 rings (SSSR count). The second kappa shape index (κ2) is 10.8. The maximum atomic E-state index is 13.0. The van der Waals surface area contributed by atoms with Crippen molar-refractivity contribution in [2.75, 3.05) is 39.1 Å². The molecule has 2 aromatic heterocycles. The Morgan fingerprint density at radius 2 is 2.21 bits per heavy atom. The van der Waals surface area contributed by atoms with Crippen molar-refractivity contribution >= 4 is 34.8 Å². The molecular weight excluding hydrogens is 516 g/mol. The first-order chi connectivity index (χ1) is 18.8. The number of amides is 2. The SMILES string of the molecule is C=CC(=O)N[C@@]1(C#Cc2cnccc2-c2[nH]c3c(c2Nc2cccc(Cl)c2OC)C(=O)NCC3)CCN(C)C1. The van der Waals surface area contributed by atoms with Crippen molar-refractivity contribution in [1.82, 2.24) is 25.5 Å². The Labute approximate surface area is 232 Å². The average molecular weight is 545 g/mol. The molecule has 0 unspecified atom stereocenters. The lowest BCUT2D eigenvalue weighted by Gasteiger charge is -2.23. The summed E-state index contributed by atoms with van der Waals surface area (Å²) in [6, 6.07) is 7.24. The van der Waals surface area contributed by atoms with Gasteiger partial charge in [0.1, 0.15) is 5.54 Å². The van der Waals surface area contributed by atoms with Crippen molar-refractivity contribution < 1.29 is 14.3 Å². The second-order valence-electron chi connectivity index (χ2n) is 9.61. The van der Waals surface area contributed by atoms with Crippen LogP contribution in [0.1, 0.15) is 28.0 Å².